The molecule has 0 aromatic carbocycles. The van der Waals surface area contributed by atoms with Gasteiger partial charge in [-0.3, -0.25) is 0 Å². The number of carbonyl (C=O) groups is 1. The van der Waals surface area contributed by atoms with Crippen molar-refractivity contribution in [3.63, 3.8) is 0 Å². The van der Waals surface area contributed by atoms with E-state index in [0.29, 0.717) is 0 Å². The van der Waals surface area contributed by atoms with Crippen molar-refractivity contribution in [1.82, 2.24) is 0 Å². The summed E-state index contributed by atoms with van der Waals surface area (Å²) in [7, 11) is 0. The molecule has 3 heteroatoms. The topological polar surface area (TPSA) is 26.3 Å². The van der Waals surface area contributed by atoms with E-state index in [1.54, 1.807) is 6.92 Å². The Morgan fingerprint density at radius 1 is 0.319 bits per heavy atom. The van der Waals surface area contributed by atoms with E-state index >= 15 is 0 Å². The van der Waals surface area contributed by atoms with Crippen LogP contribution in [0.5, 0.6) is 0 Å². The van der Waals surface area contributed by atoms with Crippen molar-refractivity contribution in [1.29, 1.82) is 0 Å². The summed E-state index contributed by atoms with van der Waals surface area (Å²) in [6.07, 6.45) is 50.5. The molecule has 0 rings (SSSR count). The molecule has 0 aliphatic carbocycles. The predicted molar refractivity (Wildman–Crippen MR) is 215 cm³/mol. The Kier molecular flexibility index (Phi) is 39.3. The molecule has 0 N–H and O–H groups in total. The zero-order valence-electron chi connectivity index (χ0n) is 33.4. The number of unbranched alkanes of at least 4 members (excludes halogenated alkanes) is 33. The Bertz CT molecular complexity index is 536. The van der Waals surface area contributed by atoms with E-state index < -0.39 is 18.8 Å². The second-order valence-electron chi connectivity index (χ2n) is 15.7. The van der Waals surface area contributed by atoms with Gasteiger partial charge in [0.15, 0.2) is 0 Å². The van der Waals surface area contributed by atoms with Gasteiger partial charge in [0.1, 0.15) is 0 Å². The first-order valence-electron chi connectivity index (χ1n) is 22.3. The Morgan fingerprint density at radius 3 is 0.660 bits per heavy atom. The quantitative estimate of drug-likeness (QED) is 0.0458. The molecule has 0 spiro atoms. The van der Waals surface area contributed by atoms with Crippen LogP contribution in [0.3, 0.4) is 0 Å². The summed E-state index contributed by atoms with van der Waals surface area (Å²) in [5, 5.41) is 0. The van der Waals surface area contributed by atoms with Crippen LogP contribution in [-0.4, -0.2) is 24.8 Å². The van der Waals surface area contributed by atoms with Gasteiger partial charge >= 0.3 is 265 Å². The summed E-state index contributed by atoms with van der Waals surface area (Å²) in [6.45, 7) is 8.62. The number of carbonyl (C=O) groups excluding carboxylic acids is 1. The molecule has 47 heavy (non-hydrogen) atoms. The zero-order chi connectivity index (χ0) is 34.4. The van der Waals surface area contributed by atoms with Crippen LogP contribution in [0.15, 0.2) is 0 Å². The molecule has 0 bridgehead atoms. The van der Waals surface area contributed by atoms with Crippen LogP contribution < -0.4 is 0 Å². The summed E-state index contributed by atoms with van der Waals surface area (Å²) in [5.74, 6) is 0.0395. The monoisotopic (exact) mass is 771 g/mol. The summed E-state index contributed by atoms with van der Waals surface area (Å²) in [6, 6.07) is 0. The van der Waals surface area contributed by atoms with Crippen molar-refractivity contribution in [2.24, 2.45) is 0 Å². The van der Waals surface area contributed by atoms with Crippen LogP contribution in [-0.2, 0) is 7.87 Å². The van der Waals surface area contributed by atoms with E-state index in [1.165, 1.54) is 244 Å². The molecule has 0 aromatic heterocycles. The minimum atomic E-state index is -2.92. The fourth-order valence-corrected chi connectivity index (χ4v) is 20.1. The molecule has 0 amide bonds. The van der Waals surface area contributed by atoms with E-state index in [0.717, 1.165) is 0 Å². The SMILES string of the molecule is CCCCCCCCCCCCC[CH2][Sn]([CH2]CCCCCCCCCCCCC)([CH2]CCCCCCCCCCCCC)[O]C(C)=O. The van der Waals surface area contributed by atoms with Crippen LogP contribution in [0, 0.1) is 0 Å². The zero-order valence-corrected chi connectivity index (χ0v) is 36.2. The van der Waals surface area contributed by atoms with Gasteiger partial charge in [-0.25, -0.2) is 0 Å². The normalized spacial score (nSPS) is 11.8. The molecule has 0 radical (unpaired) electrons. The first kappa shape index (κ1) is 47.3. The van der Waals surface area contributed by atoms with Gasteiger partial charge in [0.05, 0.1) is 0 Å². The van der Waals surface area contributed by atoms with Crippen molar-refractivity contribution < 1.29 is 7.87 Å². The van der Waals surface area contributed by atoms with Gasteiger partial charge in [-0.15, -0.1) is 0 Å². The maximum atomic E-state index is 12.4. The summed E-state index contributed by atoms with van der Waals surface area (Å²) >= 11 is -2.92. The third-order valence-corrected chi connectivity index (χ3v) is 23.7. The van der Waals surface area contributed by atoms with Crippen molar-refractivity contribution >= 4 is 24.8 Å². The molecule has 0 aliphatic heterocycles. The molecule has 0 saturated heterocycles. The van der Waals surface area contributed by atoms with E-state index in [1.807, 2.05) is 0 Å². The first-order chi connectivity index (χ1) is 23.1. The third-order valence-electron chi connectivity index (χ3n) is 10.8. The predicted octanol–water partition coefficient (Wildman–Crippen LogP) is 16.6. The Hall–Kier alpha value is 0.269. The fourth-order valence-electron chi connectivity index (χ4n) is 7.70. The van der Waals surface area contributed by atoms with Crippen LogP contribution in [0.4, 0.5) is 0 Å². The standard InChI is InChI=1S/3C14H29.C2H4O2.Sn/c3*1-3-5-7-9-11-13-14-12-10-8-6-4-2;1-2(3)4;/h3*1,3-14H2,2H3;1H3,(H,3,4);/q;;;;+1/p-1. The average Bonchev–Trinajstić information content (AvgIpc) is 3.06. The van der Waals surface area contributed by atoms with Crippen molar-refractivity contribution in [3.8, 4) is 0 Å². The Labute approximate surface area is 303 Å². The second-order valence-corrected chi connectivity index (χ2v) is 27.3. The van der Waals surface area contributed by atoms with E-state index in [2.05, 4.69) is 20.8 Å². The van der Waals surface area contributed by atoms with Gasteiger partial charge in [0, 0.05) is 0 Å². The minimum absolute atomic E-state index is 0.0395. The molecule has 282 valence electrons. The van der Waals surface area contributed by atoms with Gasteiger partial charge in [-0.1, -0.05) is 40.0 Å². The fraction of sp³-hybridized carbons (Fsp3) is 0.977. The van der Waals surface area contributed by atoms with Crippen LogP contribution in [0.1, 0.15) is 259 Å². The molecule has 0 aromatic rings. The van der Waals surface area contributed by atoms with Gasteiger partial charge in [0.2, 0.25) is 0 Å². The summed E-state index contributed by atoms with van der Waals surface area (Å²) in [5.41, 5.74) is 0. The van der Waals surface area contributed by atoms with Gasteiger partial charge < -0.3 is 0 Å². The number of hydrogen-bond acceptors (Lipinski definition) is 2. The summed E-state index contributed by atoms with van der Waals surface area (Å²) < 4.78 is 10.4. The summed E-state index contributed by atoms with van der Waals surface area (Å²) in [4.78, 5) is 12.4. The van der Waals surface area contributed by atoms with E-state index in [-0.39, 0.29) is 5.97 Å². The molecule has 0 saturated carbocycles. The Balaban J connectivity index is 4.47. The van der Waals surface area contributed by atoms with Gasteiger partial charge in [0.25, 0.3) is 0 Å². The third kappa shape index (κ3) is 35.9. The second kappa shape index (κ2) is 39.1. The van der Waals surface area contributed by atoms with E-state index in [4.69, 9.17) is 3.07 Å². The average molecular weight is 770 g/mol. The molecule has 0 fully saturated rings. The maximum absolute atomic E-state index is 12.4. The van der Waals surface area contributed by atoms with E-state index in [9.17, 15) is 4.79 Å². The van der Waals surface area contributed by atoms with Crippen molar-refractivity contribution in [2.45, 2.75) is 272 Å². The van der Waals surface area contributed by atoms with Crippen LogP contribution >= 0.6 is 0 Å². The molecular weight excluding hydrogens is 679 g/mol. The molecular formula is C44H90O2Sn. The van der Waals surface area contributed by atoms with Crippen LogP contribution in [0.2, 0.25) is 13.3 Å². The molecule has 2 nitrogen and oxygen atoms in total. The Morgan fingerprint density at radius 2 is 0.489 bits per heavy atom. The molecule has 0 atom stereocenters. The first-order valence-corrected chi connectivity index (χ1v) is 29.5. The van der Waals surface area contributed by atoms with Gasteiger partial charge in [-0.05, 0) is 0 Å². The van der Waals surface area contributed by atoms with Crippen LogP contribution in [0.25, 0.3) is 0 Å². The molecule has 0 aliphatic rings. The van der Waals surface area contributed by atoms with Crippen molar-refractivity contribution in [3.05, 3.63) is 0 Å². The molecule has 0 unspecified atom stereocenters. The van der Waals surface area contributed by atoms with Crippen molar-refractivity contribution in [2.75, 3.05) is 0 Å². The van der Waals surface area contributed by atoms with Gasteiger partial charge in [-0.2, -0.15) is 0 Å². The molecule has 0 heterocycles. The number of hydrogen-bond donors (Lipinski definition) is 0. The number of rotatable bonds is 40.